The fourth-order valence-electron chi connectivity index (χ4n) is 3.75. The van der Waals surface area contributed by atoms with Crippen LogP contribution in [0.4, 0.5) is 23.2 Å². The van der Waals surface area contributed by atoms with Crippen LogP contribution in [0.3, 0.4) is 0 Å². The highest BCUT2D eigenvalue weighted by Gasteiger charge is 2.34. The molecule has 192 valence electrons. The summed E-state index contributed by atoms with van der Waals surface area (Å²) < 4.78 is 55.8. The van der Waals surface area contributed by atoms with Gasteiger partial charge in [-0.1, -0.05) is 28.1 Å². The summed E-state index contributed by atoms with van der Waals surface area (Å²) in [5.74, 6) is -1.78. The molecule has 0 aliphatic heterocycles. The summed E-state index contributed by atoms with van der Waals surface area (Å²) in [4.78, 5) is 31.4. The van der Waals surface area contributed by atoms with Crippen LogP contribution in [0.15, 0.2) is 53.0 Å². The Morgan fingerprint density at radius 3 is 2.38 bits per heavy atom. The first-order valence-electron chi connectivity index (χ1n) is 10.9. The van der Waals surface area contributed by atoms with E-state index < -0.39 is 29.5 Å². The number of benzene rings is 2. The van der Waals surface area contributed by atoms with E-state index in [4.69, 9.17) is 0 Å². The number of carbonyl (C=O) groups is 2. The van der Waals surface area contributed by atoms with Crippen LogP contribution in [-0.4, -0.2) is 45.6 Å². The van der Waals surface area contributed by atoms with Crippen LogP contribution in [0.5, 0.6) is 0 Å². The van der Waals surface area contributed by atoms with Crippen LogP contribution in [-0.2, 0) is 12.7 Å². The van der Waals surface area contributed by atoms with Crippen molar-refractivity contribution in [3.05, 3.63) is 87.0 Å². The Hall–Kier alpha value is -3.80. The number of aryl methyl sites for hydroxylation is 1. The van der Waals surface area contributed by atoms with E-state index in [1.54, 1.807) is 6.92 Å². The second-order valence-corrected chi connectivity index (χ2v) is 9.38. The minimum absolute atomic E-state index is 0.0171. The van der Waals surface area contributed by atoms with Gasteiger partial charge >= 0.3 is 6.18 Å². The lowest BCUT2D eigenvalue weighted by Gasteiger charge is -2.16. The first-order chi connectivity index (χ1) is 17.3. The van der Waals surface area contributed by atoms with Gasteiger partial charge in [-0.3, -0.25) is 14.3 Å². The standard InChI is InChI=1S/C25H20BrF4N5O2/c1-13-21(22(24(37)34(2)3)35(33-13)12-14-4-7-16(27)8-5-14)32-23(36)18-11-20(25(28,29)30)31-19-9-6-15(26)10-17(18)19/h4-11H,12H2,1-3H3,(H,32,36). The number of halogens is 5. The van der Waals surface area contributed by atoms with Crippen LogP contribution in [0.1, 0.15) is 37.8 Å². The molecule has 0 saturated carbocycles. The number of pyridine rings is 1. The number of nitrogens with zero attached hydrogens (tertiary/aromatic N) is 4. The number of fused-ring (bicyclic) bond motifs is 1. The maximum atomic E-state index is 13.5. The number of carbonyl (C=O) groups excluding carboxylic acids is 2. The monoisotopic (exact) mass is 577 g/mol. The summed E-state index contributed by atoms with van der Waals surface area (Å²) in [7, 11) is 3.03. The van der Waals surface area contributed by atoms with Crippen molar-refractivity contribution in [3.8, 4) is 0 Å². The zero-order chi connectivity index (χ0) is 27.1. The lowest BCUT2D eigenvalue weighted by molar-refractivity contribution is -0.140. The smallest absolute Gasteiger partial charge is 0.343 e. The molecule has 2 amide bonds. The van der Waals surface area contributed by atoms with Gasteiger partial charge in [-0.05, 0) is 48.9 Å². The molecule has 2 heterocycles. The maximum absolute atomic E-state index is 13.5. The highest BCUT2D eigenvalue weighted by Crippen LogP contribution is 2.33. The molecule has 2 aromatic heterocycles. The number of alkyl halides is 3. The van der Waals surface area contributed by atoms with Gasteiger partial charge in [0.15, 0.2) is 5.69 Å². The van der Waals surface area contributed by atoms with Crippen molar-refractivity contribution in [2.45, 2.75) is 19.6 Å². The molecule has 0 unspecified atom stereocenters. The number of hydrogen-bond donors (Lipinski definition) is 1. The molecule has 12 heteroatoms. The zero-order valence-electron chi connectivity index (χ0n) is 19.8. The van der Waals surface area contributed by atoms with Gasteiger partial charge in [-0.15, -0.1) is 0 Å². The summed E-state index contributed by atoms with van der Waals surface area (Å²) in [6, 6.07) is 10.7. The summed E-state index contributed by atoms with van der Waals surface area (Å²) >= 11 is 3.27. The number of aromatic nitrogens is 3. The molecule has 4 aromatic rings. The van der Waals surface area contributed by atoms with Crippen molar-refractivity contribution in [2.24, 2.45) is 0 Å². The highest BCUT2D eigenvalue weighted by molar-refractivity contribution is 9.10. The fraction of sp³-hybridized carbons (Fsp3) is 0.200. The molecule has 0 aliphatic carbocycles. The molecule has 0 radical (unpaired) electrons. The van der Waals surface area contributed by atoms with E-state index in [9.17, 15) is 27.2 Å². The van der Waals surface area contributed by atoms with E-state index in [1.807, 2.05) is 0 Å². The second kappa shape index (κ2) is 9.92. The summed E-state index contributed by atoms with van der Waals surface area (Å²) in [5.41, 5.74) is -0.509. The summed E-state index contributed by atoms with van der Waals surface area (Å²) in [6.45, 7) is 1.65. The number of hydrogen-bond acceptors (Lipinski definition) is 4. The quantitative estimate of drug-likeness (QED) is 0.310. The predicted molar refractivity (Wildman–Crippen MR) is 133 cm³/mol. The minimum atomic E-state index is -4.78. The molecule has 0 atom stereocenters. The largest absolute Gasteiger partial charge is 0.433 e. The van der Waals surface area contributed by atoms with Gasteiger partial charge < -0.3 is 10.2 Å². The second-order valence-electron chi connectivity index (χ2n) is 8.46. The van der Waals surface area contributed by atoms with Gasteiger partial charge in [0.25, 0.3) is 11.8 Å². The molecule has 0 saturated heterocycles. The van der Waals surface area contributed by atoms with Crippen LogP contribution in [0.25, 0.3) is 10.9 Å². The average molecular weight is 578 g/mol. The number of anilines is 1. The summed E-state index contributed by atoms with van der Waals surface area (Å²) in [6.07, 6.45) is -4.78. The van der Waals surface area contributed by atoms with Crippen molar-refractivity contribution < 1.29 is 27.2 Å². The minimum Gasteiger partial charge on any atom is -0.343 e. The van der Waals surface area contributed by atoms with Gasteiger partial charge in [0.1, 0.15) is 11.5 Å². The van der Waals surface area contributed by atoms with Crippen molar-refractivity contribution in [3.63, 3.8) is 0 Å². The van der Waals surface area contributed by atoms with E-state index in [0.717, 1.165) is 0 Å². The third kappa shape index (κ3) is 5.48. The molecule has 37 heavy (non-hydrogen) atoms. The average Bonchev–Trinajstić information content (AvgIpc) is 3.12. The van der Waals surface area contributed by atoms with Crippen molar-refractivity contribution in [1.82, 2.24) is 19.7 Å². The van der Waals surface area contributed by atoms with Gasteiger partial charge in [-0.2, -0.15) is 18.3 Å². The van der Waals surface area contributed by atoms with Crippen molar-refractivity contribution in [2.75, 3.05) is 19.4 Å². The summed E-state index contributed by atoms with van der Waals surface area (Å²) in [5, 5.41) is 7.16. The lowest BCUT2D eigenvalue weighted by atomic mass is 10.1. The first kappa shape index (κ1) is 26.3. The Morgan fingerprint density at radius 2 is 1.76 bits per heavy atom. The van der Waals surface area contributed by atoms with E-state index in [2.05, 4.69) is 31.3 Å². The molecular formula is C25H20BrF4N5O2. The Balaban J connectivity index is 1.81. The predicted octanol–water partition coefficient (Wildman–Crippen LogP) is 5.66. The molecule has 0 bridgehead atoms. The van der Waals surface area contributed by atoms with Gasteiger partial charge in [-0.25, -0.2) is 9.37 Å². The molecule has 4 rings (SSSR count). The topological polar surface area (TPSA) is 80.1 Å². The lowest BCUT2D eigenvalue weighted by Crippen LogP contribution is -2.27. The Bertz CT molecular complexity index is 1510. The molecule has 0 fully saturated rings. The Kier molecular flexibility index (Phi) is 7.05. The number of nitrogens with one attached hydrogen (secondary N) is 1. The number of rotatable bonds is 5. The van der Waals surface area contributed by atoms with E-state index in [-0.39, 0.29) is 40.1 Å². The molecule has 0 spiro atoms. The normalized spacial score (nSPS) is 11.6. The van der Waals surface area contributed by atoms with Gasteiger partial charge in [0, 0.05) is 24.0 Å². The number of amides is 2. The fourth-order valence-corrected chi connectivity index (χ4v) is 4.11. The van der Waals surface area contributed by atoms with Crippen LogP contribution in [0.2, 0.25) is 0 Å². The van der Waals surface area contributed by atoms with Crippen LogP contribution < -0.4 is 5.32 Å². The SMILES string of the molecule is Cc1nn(Cc2ccc(F)cc2)c(C(=O)N(C)C)c1NC(=O)c1cc(C(F)(F)F)nc2ccc(Br)cc12. The Morgan fingerprint density at radius 1 is 1.08 bits per heavy atom. The van der Waals surface area contributed by atoms with Gasteiger partial charge in [0.05, 0.1) is 29.0 Å². The van der Waals surface area contributed by atoms with E-state index in [0.29, 0.717) is 16.1 Å². The molecular weight excluding hydrogens is 558 g/mol. The van der Waals surface area contributed by atoms with E-state index in [1.165, 1.54) is 66.1 Å². The molecule has 2 aromatic carbocycles. The third-order valence-corrected chi connectivity index (χ3v) is 6.02. The molecule has 7 nitrogen and oxygen atoms in total. The zero-order valence-corrected chi connectivity index (χ0v) is 21.4. The molecule has 0 aliphatic rings. The molecule has 1 N–H and O–H groups in total. The van der Waals surface area contributed by atoms with Gasteiger partial charge in [0.2, 0.25) is 0 Å². The van der Waals surface area contributed by atoms with Crippen LogP contribution in [0, 0.1) is 12.7 Å². The maximum Gasteiger partial charge on any atom is 0.433 e. The third-order valence-electron chi connectivity index (χ3n) is 5.53. The Labute approximate surface area is 217 Å². The van der Waals surface area contributed by atoms with Crippen molar-refractivity contribution >= 4 is 44.3 Å². The van der Waals surface area contributed by atoms with Crippen LogP contribution >= 0.6 is 15.9 Å². The van der Waals surface area contributed by atoms with E-state index >= 15 is 0 Å². The first-order valence-corrected chi connectivity index (χ1v) is 11.7. The highest BCUT2D eigenvalue weighted by atomic mass is 79.9. The van der Waals surface area contributed by atoms with Crippen molar-refractivity contribution in [1.29, 1.82) is 0 Å².